The zero-order chi connectivity index (χ0) is 14.7. The molecule has 0 aliphatic heterocycles. The van der Waals surface area contributed by atoms with Crippen LogP contribution in [0.3, 0.4) is 0 Å². The summed E-state index contributed by atoms with van der Waals surface area (Å²) >= 11 is 12.0. The van der Waals surface area contributed by atoms with Gasteiger partial charge < -0.3 is 10.1 Å². The number of hydrogen-bond donors (Lipinski definition) is 1. The second kappa shape index (κ2) is 6.16. The number of carbonyl (C=O) groups excluding carboxylic acids is 1. The Morgan fingerprint density at radius 3 is 2.50 bits per heavy atom. The lowest BCUT2D eigenvalue weighted by atomic mass is 10.1. The SMILES string of the molecule is COc1cc(Nc2ccc(Cl)cc2Cl)ccc1C(C)=O. The first-order chi connectivity index (χ1) is 9.51. The molecule has 0 atom stereocenters. The number of Topliss-reactive ketones (excluding diaryl/α,β-unsaturated/α-hetero) is 1. The van der Waals surface area contributed by atoms with Crippen LogP contribution in [-0.2, 0) is 0 Å². The topological polar surface area (TPSA) is 38.3 Å². The third-order valence-electron chi connectivity index (χ3n) is 2.79. The summed E-state index contributed by atoms with van der Waals surface area (Å²) in [5.41, 5.74) is 2.05. The number of benzene rings is 2. The van der Waals surface area contributed by atoms with E-state index in [0.29, 0.717) is 21.4 Å². The first-order valence-corrected chi connectivity index (χ1v) is 6.68. The van der Waals surface area contributed by atoms with Gasteiger partial charge in [0.15, 0.2) is 5.78 Å². The molecule has 5 heteroatoms. The number of halogens is 2. The average molecular weight is 310 g/mol. The molecule has 0 fully saturated rings. The fourth-order valence-corrected chi connectivity index (χ4v) is 2.26. The molecular formula is C15H13Cl2NO2. The lowest BCUT2D eigenvalue weighted by Crippen LogP contribution is -1.99. The first kappa shape index (κ1) is 14.7. The van der Waals surface area contributed by atoms with Crippen molar-refractivity contribution in [1.29, 1.82) is 0 Å². The Bertz CT molecular complexity index is 656. The van der Waals surface area contributed by atoms with Crippen molar-refractivity contribution in [2.24, 2.45) is 0 Å². The van der Waals surface area contributed by atoms with Crippen LogP contribution >= 0.6 is 23.2 Å². The number of rotatable bonds is 4. The highest BCUT2D eigenvalue weighted by atomic mass is 35.5. The standard InChI is InChI=1S/C15H13Cl2NO2/c1-9(19)12-5-4-11(8-15(12)20-2)18-14-6-3-10(16)7-13(14)17/h3-8,18H,1-2H3. The van der Waals surface area contributed by atoms with Crippen molar-refractivity contribution in [2.75, 3.05) is 12.4 Å². The predicted octanol–water partition coefficient (Wildman–Crippen LogP) is 4.95. The van der Waals surface area contributed by atoms with E-state index in [1.54, 1.807) is 36.4 Å². The van der Waals surface area contributed by atoms with Gasteiger partial charge in [0.2, 0.25) is 0 Å². The Kier molecular flexibility index (Phi) is 4.53. The molecule has 1 N–H and O–H groups in total. The molecule has 0 saturated carbocycles. The molecule has 0 aliphatic carbocycles. The van der Waals surface area contributed by atoms with Gasteiger partial charge in [-0.3, -0.25) is 4.79 Å². The fraction of sp³-hybridized carbons (Fsp3) is 0.133. The van der Waals surface area contributed by atoms with Gasteiger partial charge in [0.1, 0.15) is 5.75 Å². The van der Waals surface area contributed by atoms with Gasteiger partial charge in [-0.2, -0.15) is 0 Å². The Balaban J connectivity index is 2.32. The van der Waals surface area contributed by atoms with E-state index in [0.717, 1.165) is 11.4 Å². The number of ether oxygens (including phenoxy) is 1. The van der Waals surface area contributed by atoms with E-state index < -0.39 is 0 Å². The van der Waals surface area contributed by atoms with E-state index in [1.165, 1.54) is 14.0 Å². The summed E-state index contributed by atoms with van der Waals surface area (Å²) in [6, 6.07) is 10.5. The van der Waals surface area contributed by atoms with Crippen LogP contribution in [-0.4, -0.2) is 12.9 Å². The molecule has 0 aliphatic rings. The van der Waals surface area contributed by atoms with Gasteiger partial charge in [-0.05, 0) is 37.3 Å². The quantitative estimate of drug-likeness (QED) is 0.812. The lowest BCUT2D eigenvalue weighted by Gasteiger charge is -2.12. The van der Waals surface area contributed by atoms with E-state index >= 15 is 0 Å². The zero-order valence-corrected chi connectivity index (χ0v) is 12.5. The summed E-state index contributed by atoms with van der Waals surface area (Å²) < 4.78 is 5.22. The molecule has 0 amide bonds. The molecule has 2 aromatic rings. The molecule has 0 aromatic heterocycles. The van der Waals surface area contributed by atoms with Crippen LogP contribution in [0.5, 0.6) is 5.75 Å². The van der Waals surface area contributed by atoms with Crippen molar-refractivity contribution in [3.63, 3.8) is 0 Å². The molecule has 0 radical (unpaired) electrons. The predicted molar refractivity (Wildman–Crippen MR) is 82.7 cm³/mol. The highest BCUT2D eigenvalue weighted by Crippen LogP contribution is 2.30. The second-order valence-corrected chi connectivity index (χ2v) is 5.06. The molecule has 2 rings (SSSR count). The van der Waals surface area contributed by atoms with E-state index in [4.69, 9.17) is 27.9 Å². The molecule has 0 spiro atoms. The smallest absolute Gasteiger partial charge is 0.163 e. The van der Waals surface area contributed by atoms with Crippen molar-refractivity contribution in [3.05, 3.63) is 52.0 Å². The van der Waals surface area contributed by atoms with Crippen molar-refractivity contribution < 1.29 is 9.53 Å². The van der Waals surface area contributed by atoms with Crippen molar-refractivity contribution >= 4 is 40.4 Å². The van der Waals surface area contributed by atoms with E-state index in [9.17, 15) is 4.79 Å². The van der Waals surface area contributed by atoms with Crippen molar-refractivity contribution in [2.45, 2.75) is 6.92 Å². The molecule has 20 heavy (non-hydrogen) atoms. The van der Waals surface area contributed by atoms with Crippen LogP contribution in [0, 0.1) is 0 Å². The maximum absolute atomic E-state index is 11.5. The van der Waals surface area contributed by atoms with Crippen LogP contribution in [0.4, 0.5) is 11.4 Å². The minimum Gasteiger partial charge on any atom is -0.496 e. The average Bonchev–Trinajstić information content (AvgIpc) is 2.41. The number of hydrogen-bond acceptors (Lipinski definition) is 3. The monoisotopic (exact) mass is 309 g/mol. The highest BCUT2D eigenvalue weighted by Gasteiger charge is 2.09. The van der Waals surface area contributed by atoms with Gasteiger partial charge >= 0.3 is 0 Å². The molecule has 0 saturated heterocycles. The van der Waals surface area contributed by atoms with E-state index in [-0.39, 0.29) is 5.78 Å². The Morgan fingerprint density at radius 2 is 1.90 bits per heavy atom. The van der Waals surface area contributed by atoms with Gasteiger partial charge in [0.05, 0.1) is 23.4 Å². The zero-order valence-electron chi connectivity index (χ0n) is 11.0. The number of methoxy groups -OCH3 is 1. The molecule has 104 valence electrons. The van der Waals surface area contributed by atoms with E-state index in [1.807, 2.05) is 0 Å². The molecule has 2 aromatic carbocycles. The summed E-state index contributed by atoms with van der Waals surface area (Å²) in [6.07, 6.45) is 0. The van der Waals surface area contributed by atoms with Gasteiger partial charge in [0.25, 0.3) is 0 Å². The highest BCUT2D eigenvalue weighted by molar-refractivity contribution is 6.36. The minimum absolute atomic E-state index is 0.0436. The molecule has 3 nitrogen and oxygen atoms in total. The number of ketones is 1. The summed E-state index contributed by atoms with van der Waals surface area (Å²) in [5, 5.41) is 4.25. The van der Waals surface area contributed by atoms with Crippen LogP contribution in [0.2, 0.25) is 10.0 Å². The normalized spacial score (nSPS) is 10.2. The summed E-state index contributed by atoms with van der Waals surface area (Å²) in [6.45, 7) is 1.50. The van der Waals surface area contributed by atoms with Crippen molar-refractivity contribution in [3.8, 4) is 5.75 Å². The van der Waals surface area contributed by atoms with E-state index in [2.05, 4.69) is 5.32 Å². The summed E-state index contributed by atoms with van der Waals surface area (Å²) in [4.78, 5) is 11.5. The molecule has 0 bridgehead atoms. The summed E-state index contributed by atoms with van der Waals surface area (Å²) in [5.74, 6) is 0.477. The van der Waals surface area contributed by atoms with Crippen LogP contribution in [0.1, 0.15) is 17.3 Å². The fourth-order valence-electron chi connectivity index (χ4n) is 1.81. The number of anilines is 2. The molecular weight excluding hydrogens is 297 g/mol. The maximum atomic E-state index is 11.5. The first-order valence-electron chi connectivity index (χ1n) is 5.92. The van der Waals surface area contributed by atoms with Crippen LogP contribution in [0.15, 0.2) is 36.4 Å². The number of carbonyl (C=O) groups is 1. The largest absolute Gasteiger partial charge is 0.496 e. The lowest BCUT2D eigenvalue weighted by molar-refractivity contribution is 0.101. The third-order valence-corrected chi connectivity index (χ3v) is 3.34. The maximum Gasteiger partial charge on any atom is 0.163 e. The molecule has 0 heterocycles. The van der Waals surface area contributed by atoms with Crippen LogP contribution < -0.4 is 10.1 Å². The van der Waals surface area contributed by atoms with Gasteiger partial charge in [-0.1, -0.05) is 23.2 Å². The third kappa shape index (κ3) is 3.24. The molecule has 0 unspecified atom stereocenters. The Morgan fingerprint density at radius 1 is 1.15 bits per heavy atom. The number of nitrogens with one attached hydrogen (secondary N) is 1. The Labute approximate surface area is 127 Å². The van der Waals surface area contributed by atoms with Crippen molar-refractivity contribution in [1.82, 2.24) is 0 Å². The van der Waals surface area contributed by atoms with Gasteiger partial charge in [0, 0.05) is 16.8 Å². The Hall–Kier alpha value is -1.71. The van der Waals surface area contributed by atoms with Gasteiger partial charge in [-0.15, -0.1) is 0 Å². The summed E-state index contributed by atoms with van der Waals surface area (Å²) in [7, 11) is 1.53. The van der Waals surface area contributed by atoms with Gasteiger partial charge in [-0.25, -0.2) is 0 Å². The second-order valence-electron chi connectivity index (χ2n) is 4.22. The van der Waals surface area contributed by atoms with Crippen LogP contribution in [0.25, 0.3) is 0 Å². The minimum atomic E-state index is -0.0436.